The van der Waals surface area contributed by atoms with Gasteiger partial charge in [-0.25, -0.2) is 15.0 Å². The first-order valence-corrected chi connectivity index (χ1v) is 10.8. The summed E-state index contributed by atoms with van der Waals surface area (Å²) in [5, 5.41) is 1.43. The summed E-state index contributed by atoms with van der Waals surface area (Å²) in [4.78, 5) is 29.4. The van der Waals surface area contributed by atoms with Gasteiger partial charge in [-0.3, -0.25) is 9.69 Å². The topological polar surface area (TPSA) is 59.0 Å². The van der Waals surface area contributed by atoms with Crippen LogP contribution in [0, 0.1) is 0 Å². The molecule has 0 fully saturated rings. The second-order valence-electron chi connectivity index (χ2n) is 6.36. The Morgan fingerprint density at radius 1 is 1.07 bits per heavy atom. The molecule has 27 heavy (non-hydrogen) atoms. The maximum absolute atomic E-state index is 13.1. The van der Waals surface area contributed by atoms with Gasteiger partial charge in [0.2, 0.25) is 5.91 Å². The van der Waals surface area contributed by atoms with Gasteiger partial charge >= 0.3 is 0 Å². The van der Waals surface area contributed by atoms with Gasteiger partial charge in [-0.1, -0.05) is 42.1 Å². The number of anilines is 1. The van der Waals surface area contributed by atoms with E-state index in [0.717, 1.165) is 23.5 Å². The Labute approximate surface area is 166 Å². The minimum Gasteiger partial charge on any atom is -0.283 e. The molecule has 0 radical (unpaired) electrons. The summed E-state index contributed by atoms with van der Waals surface area (Å²) in [7, 11) is 0. The molecular weight excluding hydrogens is 376 g/mol. The largest absolute Gasteiger partial charge is 0.283 e. The van der Waals surface area contributed by atoms with E-state index in [2.05, 4.69) is 9.97 Å². The summed E-state index contributed by atoms with van der Waals surface area (Å²) in [6.45, 7) is 0.530. The Balaban J connectivity index is 1.55. The quantitative estimate of drug-likeness (QED) is 0.463. The number of thiazole rings is 1. The highest BCUT2D eigenvalue weighted by atomic mass is 32.2. The number of thioether (sulfide) groups is 1. The van der Waals surface area contributed by atoms with E-state index in [1.54, 1.807) is 29.8 Å². The van der Waals surface area contributed by atoms with Crippen molar-refractivity contribution in [3.8, 4) is 0 Å². The number of amides is 1. The number of nitrogens with zero attached hydrogens (tertiary/aromatic N) is 4. The zero-order valence-corrected chi connectivity index (χ0v) is 16.5. The van der Waals surface area contributed by atoms with Gasteiger partial charge in [0.25, 0.3) is 0 Å². The van der Waals surface area contributed by atoms with E-state index in [4.69, 9.17) is 4.98 Å². The van der Waals surface area contributed by atoms with Gasteiger partial charge in [-0.2, -0.15) is 0 Å². The molecule has 7 heteroatoms. The molecule has 1 aromatic carbocycles. The number of hydrogen-bond acceptors (Lipinski definition) is 6. The molecule has 0 spiro atoms. The van der Waals surface area contributed by atoms with Crippen LogP contribution in [0.1, 0.15) is 29.0 Å². The minimum atomic E-state index is 0.0300. The van der Waals surface area contributed by atoms with Crippen molar-refractivity contribution in [1.82, 2.24) is 15.0 Å². The van der Waals surface area contributed by atoms with Gasteiger partial charge in [-0.15, -0.1) is 11.3 Å². The van der Waals surface area contributed by atoms with E-state index < -0.39 is 0 Å². The SMILES string of the molecule is O=C(CSc1ncccn1)N(Cc1ccccc1)c1nc2c(s1)CCCC2. The number of hydrogen-bond donors (Lipinski definition) is 0. The molecule has 0 saturated heterocycles. The average molecular weight is 397 g/mol. The third-order valence-corrected chi connectivity index (χ3v) is 6.46. The highest BCUT2D eigenvalue weighted by Gasteiger charge is 2.23. The van der Waals surface area contributed by atoms with Crippen LogP contribution in [-0.4, -0.2) is 26.6 Å². The molecule has 0 saturated carbocycles. The molecular formula is C20H20N4OS2. The predicted molar refractivity (Wildman–Crippen MR) is 109 cm³/mol. The zero-order chi connectivity index (χ0) is 18.5. The average Bonchev–Trinajstić information content (AvgIpc) is 3.15. The summed E-state index contributed by atoms with van der Waals surface area (Å²) in [5.74, 6) is 0.323. The maximum atomic E-state index is 13.1. The Morgan fingerprint density at radius 3 is 2.63 bits per heavy atom. The van der Waals surface area contributed by atoms with Gasteiger partial charge in [0.15, 0.2) is 10.3 Å². The number of rotatable bonds is 6. The van der Waals surface area contributed by atoms with E-state index in [9.17, 15) is 4.79 Å². The molecule has 0 bridgehead atoms. The second-order valence-corrected chi connectivity index (χ2v) is 8.36. The minimum absolute atomic E-state index is 0.0300. The standard InChI is InChI=1S/C20H20N4OS2/c25-18(14-26-19-21-11-6-12-22-19)24(13-15-7-2-1-3-8-15)20-23-16-9-4-5-10-17(16)27-20/h1-3,6-8,11-12H,4-5,9-10,13-14H2. The molecule has 0 unspecified atom stereocenters. The van der Waals surface area contributed by atoms with Crippen LogP contribution in [0.15, 0.2) is 53.9 Å². The molecule has 1 aliphatic rings. The summed E-state index contributed by atoms with van der Waals surface area (Å²) < 4.78 is 0. The van der Waals surface area contributed by atoms with Crippen molar-refractivity contribution in [1.29, 1.82) is 0 Å². The number of benzene rings is 1. The first-order chi connectivity index (χ1) is 13.3. The van der Waals surface area contributed by atoms with E-state index in [0.29, 0.717) is 17.5 Å². The van der Waals surface area contributed by atoms with Crippen molar-refractivity contribution in [2.75, 3.05) is 10.7 Å². The van der Waals surface area contributed by atoms with Crippen molar-refractivity contribution < 1.29 is 4.79 Å². The lowest BCUT2D eigenvalue weighted by Crippen LogP contribution is -2.32. The van der Waals surface area contributed by atoms with E-state index >= 15 is 0 Å². The number of carbonyl (C=O) groups is 1. The zero-order valence-electron chi connectivity index (χ0n) is 14.9. The van der Waals surface area contributed by atoms with Crippen molar-refractivity contribution in [2.24, 2.45) is 0 Å². The molecule has 1 aliphatic carbocycles. The van der Waals surface area contributed by atoms with Crippen LogP contribution in [0.4, 0.5) is 5.13 Å². The van der Waals surface area contributed by atoms with Gasteiger partial charge in [0.05, 0.1) is 18.0 Å². The summed E-state index contributed by atoms with van der Waals surface area (Å²) >= 11 is 3.03. The van der Waals surface area contributed by atoms with E-state index in [-0.39, 0.29) is 5.91 Å². The van der Waals surface area contributed by atoms with Crippen molar-refractivity contribution in [3.63, 3.8) is 0 Å². The number of aryl methyl sites for hydroxylation is 2. The van der Waals surface area contributed by atoms with Crippen LogP contribution in [0.25, 0.3) is 0 Å². The summed E-state index contributed by atoms with van der Waals surface area (Å²) in [5.41, 5.74) is 2.27. The highest BCUT2D eigenvalue weighted by Crippen LogP contribution is 2.33. The van der Waals surface area contributed by atoms with Crippen LogP contribution in [-0.2, 0) is 24.2 Å². The Morgan fingerprint density at radius 2 is 1.85 bits per heavy atom. The third-order valence-electron chi connectivity index (χ3n) is 4.42. The van der Waals surface area contributed by atoms with E-state index in [1.165, 1.54) is 35.2 Å². The summed E-state index contributed by atoms with van der Waals surface area (Å²) in [6, 6.07) is 11.8. The molecule has 1 amide bonds. The Hall–Kier alpha value is -2.25. The second kappa shape index (κ2) is 8.63. The number of fused-ring (bicyclic) bond motifs is 1. The molecule has 5 nitrogen and oxygen atoms in total. The van der Waals surface area contributed by atoms with Gasteiger partial charge in [-0.05, 0) is 37.3 Å². The molecule has 2 aromatic heterocycles. The molecule has 3 aromatic rings. The fourth-order valence-electron chi connectivity index (χ4n) is 3.05. The fourth-order valence-corrected chi connectivity index (χ4v) is 4.89. The Bertz CT molecular complexity index is 875. The van der Waals surface area contributed by atoms with E-state index in [1.807, 2.05) is 35.2 Å². The van der Waals surface area contributed by atoms with Crippen LogP contribution in [0.3, 0.4) is 0 Å². The summed E-state index contributed by atoms with van der Waals surface area (Å²) in [6.07, 6.45) is 7.87. The van der Waals surface area contributed by atoms with Crippen molar-refractivity contribution in [2.45, 2.75) is 37.4 Å². The smallest absolute Gasteiger partial charge is 0.239 e. The molecule has 0 N–H and O–H groups in total. The number of carbonyl (C=O) groups excluding carboxylic acids is 1. The van der Waals surface area contributed by atoms with Crippen LogP contribution in [0.2, 0.25) is 0 Å². The van der Waals surface area contributed by atoms with Gasteiger partial charge in [0.1, 0.15) is 0 Å². The van der Waals surface area contributed by atoms with Crippen molar-refractivity contribution in [3.05, 3.63) is 64.9 Å². The molecule has 4 rings (SSSR count). The first kappa shape index (κ1) is 18.1. The fraction of sp³-hybridized carbons (Fsp3) is 0.300. The van der Waals surface area contributed by atoms with Crippen LogP contribution in [0.5, 0.6) is 0 Å². The van der Waals surface area contributed by atoms with Gasteiger partial charge in [0, 0.05) is 17.3 Å². The lowest BCUT2D eigenvalue weighted by Gasteiger charge is -2.19. The molecule has 0 aliphatic heterocycles. The Kier molecular flexibility index (Phi) is 5.79. The van der Waals surface area contributed by atoms with Crippen LogP contribution >= 0.6 is 23.1 Å². The monoisotopic (exact) mass is 396 g/mol. The maximum Gasteiger partial charge on any atom is 0.239 e. The molecule has 2 heterocycles. The molecule has 0 atom stereocenters. The predicted octanol–water partition coefficient (Wildman–Crippen LogP) is 4.14. The first-order valence-electron chi connectivity index (χ1n) is 9.02. The van der Waals surface area contributed by atoms with Gasteiger partial charge < -0.3 is 0 Å². The van der Waals surface area contributed by atoms with Crippen molar-refractivity contribution >= 4 is 34.1 Å². The molecule has 138 valence electrons. The lowest BCUT2D eigenvalue weighted by atomic mass is 10.0. The number of aromatic nitrogens is 3. The normalized spacial score (nSPS) is 13.2. The third kappa shape index (κ3) is 4.54. The lowest BCUT2D eigenvalue weighted by molar-refractivity contribution is -0.116. The highest BCUT2D eigenvalue weighted by molar-refractivity contribution is 7.99. The van der Waals surface area contributed by atoms with Crippen LogP contribution < -0.4 is 4.90 Å².